The largest absolute Gasteiger partial charge is 0.396 e. The number of carbonyl (C=O) groups excluding carboxylic acids is 1. The summed E-state index contributed by atoms with van der Waals surface area (Å²) >= 11 is 6.03. The Morgan fingerprint density at radius 2 is 2.24 bits per heavy atom. The van der Waals surface area contributed by atoms with Crippen molar-refractivity contribution in [2.75, 3.05) is 13.2 Å². The number of amides is 1. The molecule has 1 aliphatic carbocycles. The van der Waals surface area contributed by atoms with Crippen molar-refractivity contribution in [2.45, 2.75) is 44.1 Å². The topological polar surface area (TPSA) is 40.5 Å². The van der Waals surface area contributed by atoms with Crippen molar-refractivity contribution in [1.82, 2.24) is 4.90 Å². The lowest BCUT2D eigenvalue weighted by atomic mass is 9.98. The quantitative estimate of drug-likeness (QED) is 0.928. The van der Waals surface area contributed by atoms with Crippen LogP contribution in [0.3, 0.4) is 0 Å². The molecule has 1 N–H and O–H groups in total. The molecular weight excluding hydrogens is 286 g/mol. The fourth-order valence-electron chi connectivity index (χ4n) is 3.53. The lowest BCUT2D eigenvalue weighted by molar-refractivity contribution is -0.136. The van der Waals surface area contributed by atoms with E-state index in [4.69, 9.17) is 11.6 Å². The Labute approximate surface area is 130 Å². The van der Waals surface area contributed by atoms with Crippen LogP contribution in [0.4, 0.5) is 0 Å². The second-order valence-electron chi connectivity index (χ2n) is 6.20. The predicted octanol–water partition coefficient (Wildman–Crippen LogP) is 3.21. The Kier molecular flexibility index (Phi) is 4.51. The van der Waals surface area contributed by atoms with Crippen LogP contribution in [-0.4, -0.2) is 35.1 Å². The van der Waals surface area contributed by atoms with Gasteiger partial charge in [0, 0.05) is 30.1 Å². The highest BCUT2D eigenvalue weighted by molar-refractivity contribution is 6.30. The number of benzene rings is 1. The highest BCUT2D eigenvalue weighted by Gasteiger charge is 2.47. The fourth-order valence-corrected chi connectivity index (χ4v) is 3.73. The SMILES string of the molecule is O=C(C1CC1c1cccc(Cl)c1)N1CCCCC1CCO. The molecule has 114 valence electrons. The highest BCUT2D eigenvalue weighted by atomic mass is 35.5. The van der Waals surface area contributed by atoms with Crippen LogP contribution in [0.15, 0.2) is 24.3 Å². The molecule has 1 saturated carbocycles. The molecule has 1 aromatic rings. The van der Waals surface area contributed by atoms with E-state index < -0.39 is 0 Å². The van der Waals surface area contributed by atoms with Gasteiger partial charge in [-0.05, 0) is 55.7 Å². The van der Waals surface area contributed by atoms with Gasteiger partial charge in [0.15, 0.2) is 0 Å². The van der Waals surface area contributed by atoms with Crippen LogP contribution in [-0.2, 0) is 4.79 Å². The van der Waals surface area contributed by atoms with Crippen molar-refractivity contribution in [3.8, 4) is 0 Å². The normalized spacial score (nSPS) is 28.5. The minimum Gasteiger partial charge on any atom is -0.396 e. The third-order valence-corrected chi connectivity index (χ3v) is 4.99. The number of aliphatic hydroxyl groups excluding tert-OH is 1. The second kappa shape index (κ2) is 6.37. The average molecular weight is 308 g/mol. The van der Waals surface area contributed by atoms with Crippen LogP contribution in [0.1, 0.15) is 43.6 Å². The van der Waals surface area contributed by atoms with E-state index in [1.165, 1.54) is 5.56 Å². The molecule has 21 heavy (non-hydrogen) atoms. The molecule has 1 saturated heterocycles. The molecule has 2 fully saturated rings. The molecule has 3 nitrogen and oxygen atoms in total. The summed E-state index contributed by atoms with van der Waals surface area (Å²) in [5, 5.41) is 9.92. The second-order valence-corrected chi connectivity index (χ2v) is 6.63. The summed E-state index contributed by atoms with van der Waals surface area (Å²) in [4.78, 5) is 14.7. The molecule has 0 aromatic heterocycles. The van der Waals surface area contributed by atoms with Gasteiger partial charge in [0.1, 0.15) is 0 Å². The fraction of sp³-hybridized carbons (Fsp3) is 0.588. The van der Waals surface area contributed by atoms with E-state index in [0.29, 0.717) is 12.3 Å². The monoisotopic (exact) mass is 307 g/mol. The van der Waals surface area contributed by atoms with Crippen molar-refractivity contribution >= 4 is 17.5 Å². The van der Waals surface area contributed by atoms with Gasteiger partial charge in [0.2, 0.25) is 5.91 Å². The molecule has 0 spiro atoms. The number of likely N-dealkylation sites (tertiary alicyclic amines) is 1. The average Bonchev–Trinajstić information content (AvgIpc) is 3.28. The summed E-state index contributed by atoms with van der Waals surface area (Å²) < 4.78 is 0. The van der Waals surface area contributed by atoms with Crippen molar-refractivity contribution in [2.24, 2.45) is 5.92 Å². The molecule has 2 aliphatic rings. The Hall–Kier alpha value is -1.06. The molecule has 1 amide bonds. The number of rotatable bonds is 4. The first-order valence-electron chi connectivity index (χ1n) is 7.87. The molecule has 0 bridgehead atoms. The van der Waals surface area contributed by atoms with Gasteiger partial charge in [-0.1, -0.05) is 23.7 Å². The van der Waals surface area contributed by atoms with Gasteiger partial charge < -0.3 is 10.0 Å². The maximum Gasteiger partial charge on any atom is 0.226 e. The first kappa shape index (κ1) is 14.9. The Morgan fingerprint density at radius 1 is 1.38 bits per heavy atom. The third kappa shape index (κ3) is 3.24. The van der Waals surface area contributed by atoms with Gasteiger partial charge in [0.05, 0.1) is 0 Å². The van der Waals surface area contributed by atoms with Gasteiger partial charge in [-0.3, -0.25) is 4.79 Å². The van der Waals surface area contributed by atoms with E-state index in [9.17, 15) is 9.90 Å². The maximum atomic E-state index is 12.7. The van der Waals surface area contributed by atoms with Crippen LogP contribution in [0.2, 0.25) is 5.02 Å². The smallest absolute Gasteiger partial charge is 0.226 e. The molecule has 1 heterocycles. The van der Waals surface area contributed by atoms with Crippen LogP contribution in [0, 0.1) is 5.92 Å². The first-order valence-corrected chi connectivity index (χ1v) is 8.25. The predicted molar refractivity (Wildman–Crippen MR) is 83.4 cm³/mol. The number of carbonyl (C=O) groups is 1. The molecule has 0 radical (unpaired) electrons. The maximum absolute atomic E-state index is 12.7. The summed E-state index contributed by atoms with van der Waals surface area (Å²) in [6.07, 6.45) is 4.92. The van der Waals surface area contributed by atoms with Crippen molar-refractivity contribution in [3.63, 3.8) is 0 Å². The Balaban J connectivity index is 1.66. The zero-order chi connectivity index (χ0) is 14.8. The van der Waals surface area contributed by atoms with E-state index in [1.54, 1.807) is 0 Å². The van der Waals surface area contributed by atoms with Crippen molar-refractivity contribution < 1.29 is 9.90 Å². The number of halogens is 1. The van der Waals surface area contributed by atoms with E-state index in [-0.39, 0.29) is 24.5 Å². The van der Waals surface area contributed by atoms with Crippen molar-refractivity contribution in [1.29, 1.82) is 0 Å². The molecular formula is C17H22ClNO2. The molecule has 1 aliphatic heterocycles. The third-order valence-electron chi connectivity index (χ3n) is 4.76. The summed E-state index contributed by atoms with van der Waals surface area (Å²) in [5.41, 5.74) is 1.18. The van der Waals surface area contributed by atoms with Crippen LogP contribution in [0.5, 0.6) is 0 Å². The Morgan fingerprint density at radius 3 is 3.00 bits per heavy atom. The van der Waals surface area contributed by atoms with E-state index in [0.717, 1.165) is 37.3 Å². The Bertz CT molecular complexity index is 517. The lowest BCUT2D eigenvalue weighted by Crippen LogP contribution is -2.45. The van der Waals surface area contributed by atoms with Gasteiger partial charge in [-0.2, -0.15) is 0 Å². The van der Waals surface area contributed by atoms with Gasteiger partial charge >= 0.3 is 0 Å². The first-order chi connectivity index (χ1) is 10.2. The molecule has 3 atom stereocenters. The van der Waals surface area contributed by atoms with Crippen LogP contribution in [0.25, 0.3) is 0 Å². The number of nitrogens with zero attached hydrogens (tertiary/aromatic N) is 1. The minimum atomic E-state index is 0.114. The zero-order valence-electron chi connectivity index (χ0n) is 12.2. The number of hydrogen-bond donors (Lipinski definition) is 1. The van der Waals surface area contributed by atoms with E-state index in [1.807, 2.05) is 23.1 Å². The minimum absolute atomic E-state index is 0.114. The molecule has 3 rings (SSSR count). The summed E-state index contributed by atoms with van der Waals surface area (Å²) in [6, 6.07) is 8.09. The summed E-state index contributed by atoms with van der Waals surface area (Å²) in [6.45, 7) is 1.01. The van der Waals surface area contributed by atoms with Crippen molar-refractivity contribution in [3.05, 3.63) is 34.9 Å². The highest BCUT2D eigenvalue weighted by Crippen LogP contribution is 2.49. The zero-order valence-corrected chi connectivity index (χ0v) is 12.9. The number of aliphatic hydroxyl groups is 1. The van der Waals surface area contributed by atoms with Gasteiger partial charge in [-0.15, -0.1) is 0 Å². The van der Waals surface area contributed by atoms with Crippen LogP contribution < -0.4 is 0 Å². The molecule has 1 aromatic carbocycles. The summed E-state index contributed by atoms with van der Waals surface area (Å²) in [5.74, 6) is 0.716. The summed E-state index contributed by atoms with van der Waals surface area (Å²) in [7, 11) is 0. The van der Waals surface area contributed by atoms with Gasteiger partial charge in [0.25, 0.3) is 0 Å². The number of piperidine rings is 1. The molecule has 4 heteroatoms. The van der Waals surface area contributed by atoms with E-state index >= 15 is 0 Å². The molecule has 3 unspecified atom stereocenters. The van der Waals surface area contributed by atoms with Gasteiger partial charge in [-0.25, -0.2) is 0 Å². The number of hydrogen-bond acceptors (Lipinski definition) is 2. The van der Waals surface area contributed by atoms with E-state index in [2.05, 4.69) is 6.07 Å². The van der Waals surface area contributed by atoms with Crippen LogP contribution >= 0.6 is 11.6 Å². The lowest BCUT2D eigenvalue weighted by Gasteiger charge is -2.36. The standard InChI is InChI=1S/C17H22ClNO2/c18-13-5-3-4-12(10-13)15-11-16(15)17(21)19-8-2-1-6-14(19)7-9-20/h3-5,10,14-16,20H,1-2,6-9,11H2.